The summed E-state index contributed by atoms with van der Waals surface area (Å²) in [6.45, 7) is 17.0. The van der Waals surface area contributed by atoms with Crippen molar-refractivity contribution in [3.63, 3.8) is 0 Å². The van der Waals surface area contributed by atoms with Crippen LogP contribution in [0.5, 0.6) is 0 Å². The van der Waals surface area contributed by atoms with Gasteiger partial charge in [0, 0.05) is 61.4 Å². The molecule has 372 valence electrons. The number of hydrogen-bond acceptors (Lipinski definition) is 16. The first kappa shape index (κ1) is 54.6. The molecule has 1 aromatic carbocycles. The van der Waals surface area contributed by atoms with Crippen LogP contribution in [-0.2, 0) is 42.8 Å². The SMILES string of the molecule is CC[C@H]1OC(=O)[C@H](C)[C@@H](OC(=O)N(C)C(C)C)[C@H](C)[C@@H](O[C@@H]2O[C@H](C)C[C@H](N(C)C)[C@H]2O)[C@](C)(OC(=O)NC/C=C/c2ccc(-c3ncccn3)cc2)C[C@@H](C)C(=O)[C@H](C)[C@@H](N)[C@]1(C)OC=O. The van der Waals surface area contributed by atoms with Crippen molar-refractivity contribution in [2.75, 3.05) is 27.7 Å². The van der Waals surface area contributed by atoms with Crippen molar-refractivity contribution in [2.45, 2.75) is 155 Å². The van der Waals surface area contributed by atoms with E-state index in [-0.39, 0.29) is 37.7 Å². The van der Waals surface area contributed by atoms with Crippen LogP contribution in [0.15, 0.2) is 48.8 Å². The van der Waals surface area contributed by atoms with Gasteiger partial charge in [-0.25, -0.2) is 19.6 Å². The maximum absolute atomic E-state index is 14.6. The number of alkyl carbamates (subject to hydrolysis) is 1. The standard InChI is InChI=1S/C49H74N6O12/c1-14-37-49(10,62-27-56)41(50)31(6)38(57)29(4)26-48(9,67-46(60)53-22-15-17-34-18-20-35(21-19-34)43-51-23-16-24-52-43)42(66-45-39(58)36(54(11)12)25-30(5)63-45)32(7)40(33(8)44(59)64-37)65-47(61)55(13)28(2)3/h15-21,23-24,27-33,36-37,39-42,45,58H,14,22,25-26,50H2,1-13H3,(H,53,60)/b17-15+/t29-,30-,31+,32+,33-,36+,37-,39-,40+,41-,42-,45+,48-,49-/m1/s1. The summed E-state index contributed by atoms with van der Waals surface area (Å²) < 4.78 is 37.6. The van der Waals surface area contributed by atoms with Crippen molar-refractivity contribution in [1.29, 1.82) is 0 Å². The molecule has 0 spiro atoms. The highest BCUT2D eigenvalue weighted by Crippen LogP contribution is 2.41. The van der Waals surface area contributed by atoms with Crippen LogP contribution in [0.3, 0.4) is 0 Å². The summed E-state index contributed by atoms with van der Waals surface area (Å²) in [6.07, 6.45) is -1.02. The van der Waals surface area contributed by atoms with Gasteiger partial charge in [-0.3, -0.25) is 14.4 Å². The molecule has 4 N–H and O–H groups in total. The fraction of sp³-hybridized carbons (Fsp3) is 0.653. The van der Waals surface area contributed by atoms with E-state index in [1.165, 1.54) is 18.7 Å². The number of nitrogens with one attached hydrogen (secondary N) is 1. The quantitative estimate of drug-likeness (QED) is 0.130. The maximum atomic E-state index is 14.6. The second-order valence-electron chi connectivity index (χ2n) is 19.1. The number of amides is 2. The summed E-state index contributed by atoms with van der Waals surface area (Å²) in [5.74, 6) is -4.75. The Labute approximate surface area is 395 Å². The number of aliphatic hydroxyl groups is 1. The fourth-order valence-corrected chi connectivity index (χ4v) is 9.15. The van der Waals surface area contributed by atoms with E-state index in [1.54, 1.807) is 80.0 Å². The number of carbonyl (C=O) groups excluding carboxylic acids is 5. The maximum Gasteiger partial charge on any atom is 0.410 e. The van der Waals surface area contributed by atoms with E-state index >= 15 is 0 Å². The van der Waals surface area contributed by atoms with Gasteiger partial charge in [0.25, 0.3) is 6.47 Å². The summed E-state index contributed by atoms with van der Waals surface area (Å²) in [5.41, 5.74) is 5.06. The van der Waals surface area contributed by atoms with E-state index in [1.807, 2.05) is 56.3 Å². The smallest absolute Gasteiger partial charge is 0.410 e. The average Bonchev–Trinajstić information content (AvgIpc) is 3.29. The van der Waals surface area contributed by atoms with Crippen molar-refractivity contribution in [2.24, 2.45) is 29.4 Å². The van der Waals surface area contributed by atoms with Crippen LogP contribution < -0.4 is 11.1 Å². The Morgan fingerprint density at radius 1 is 1.03 bits per heavy atom. The van der Waals surface area contributed by atoms with Gasteiger partial charge >= 0.3 is 18.2 Å². The number of Topliss-reactive ketones (excluding diaryl/α,β-unsaturated/α-hetero) is 1. The lowest BCUT2D eigenvalue weighted by Gasteiger charge is -2.48. The number of likely N-dealkylation sites (N-methyl/N-ethyl adjacent to an activating group) is 1. The zero-order chi connectivity index (χ0) is 50.0. The molecule has 2 aromatic rings. The van der Waals surface area contributed by atoms with Crippen molar-refractivity contribution < 1.29 is 57.5 Å². The first-order valence-electron chi connectivity index (χ1n) is 23.2. The van der Waals surface area contributed by atoms with Crippen LogP contribution in [0.25, 0.3) is 17.5 Å². The minimum Gasteiger partial charge on any atom is -0.458 e. The van der Waals surface area contributed by atoms with Crippen molar-refractivity contribution in [3.8, 4) is 11.4 Å². The number of ether oxygens (including phenoxy) is 6. The lowest BCUT2D eigenvalue weighted by Crippen LogP contribution is -2.63. The highest BCUT2D eigenvalue weighted by molar-refractivity contribution is 5.84. The second-order valence-corrected chi connectivity index (χ2v) is 19.1. The monoisotopic (exact) mass is 939 g/mol. The second kappa shape index (κ2) is 23.8. The third-order valence-electron chi connectivity index (χ3n) is 13.5. The number of aromatic nitrogens is 2. The Hall–Kier alpha value is -5.01. The van der Waals surface area contributed by atoms with Crippen molar-refractivity contribution >= 4 is 36.5 Å². The Morgan fingerprint density at radius 2 is 1.67 bits per heavy atom. The third kappa shape index (κ3) is 13.4. The molecular formula is C49H74N6O12. The Morgan fingerprint density at radius 3 is 2.25 bits per heavy atom. The molecule has 0 unspecified atom stereocenters. The van der Waals surface area contributed by atoms with Crippen LogP contribution in [0.1, 0.15) is 94.1 Å². The molecule has 1 aromatic heterocycles. The molecule has 2 saturated heterocycles. The minimum absolute atomic E-state index is 0.0327. The van der Waals surface area contributed by atoms with E-state index in [4.69, 9.17) is 34.2 Å². The molecule has 67 heavy (non-hydrogen) atoms. The molecule has 4 rings (SSSR count). The molecule has 0 radical (unpaired) electrons. The van der Waals surface area contributed by atoms with Crippen LogP contribution in [-0.4, -0.2) is 149 Å². The zero-order valence-electron chi connectivity index (χ0n) is 41.4. The van der Waals surface area contributed by atoms with E-state index < -0.39 is 102 Å². The summed E-state index contributed by atoms with van der Waals surface area (Å²) in [7, 11) is 5.21. The highest BCUT2D eigenvalue weighted by Gasteiger charge is 2.55. The first-order chi connectivity index (χ1) is 31.5. The number of nitrogens with zero attached hydrogens (tertiary/aromatic N) is 4. The van der Waals surface area contributed by atoms with Gasteiger partial charge in [-0.15, -0.1) is 0 Å². The normalized spacial score (nSPS) is 33.4. The summed E-state index contributed by atoms with van der Waals surface area (Å²) in [5, 5.41) is 14.6. The summed E-state index contributed by atoms with van der Waals surface area (Å²) in [6, 6.07) is 7.42. The van der Waals surface area contributed by atoms with Crippen molar-refractivity contribution in [1.82, 2.24) is 25.1 Å². The molecule has 2 aliphatic heterocycles. The zero-order valence-corrected chi connectivity index (χ0v) is 41.4. The van der Waals surface area contributed by atoms with Gasteiger partial charge in [0.05, 0.1) is 18.1 Å². The molecule has 0 saturated carbocycles. The minimum atomic E-state index is -1.78. The number of esters is 1. The van der Waals surface area contributed by atoms with Crippen LogP contribution >= 0.6 is 0 Å². The van der Waals surface area contributed by atoms with E-state index in [2.05, 4.69) is 15.3 Å². The Bertz CT molecular complexity index is 1990. The lowest BCUT2D eigenvalue weighted by atomic mass is 9.73. The number of benzene rings is 1. The van der Waals surface area contributed by atoms with Gasteiger partial charge < -0.3 is 54.4 Å². The molecule has 2 amide bonds. The van der Waals surface area contributed by atoms with Crippen LogP contribution in [0.2, 0.25) is 0 Å². The molecular weight excluding hydrogens is 865 g/mol. The summed E-state index contributed by atoms with van der Waals surface area (Å²) >= 11 is 0. The van der Waals surface area contributed by atoms with Gasteiger partial charge in [0.1, 0.15) is 35.8 Å². The molecule has 14 atom stereocenters. The number of hydrogen-bond donors (Lipinski definition) is 3. The predicted molar refractivity (Wildman–Crippen MR) is 250 cm³/mol. The van der Waals surface area contributed by atoms with Gasteiger partial charge in [0.2, 0.25) is 0 Å². The van der Waals surface area contributed by atoms with Crippen molar-refractivity contribution in [3.05, 3.63) is 54.4 Å². The van der Waals surface area contributed by atoms with Gasteiger partial charge in [-0.2, -0.15) is 0 Å². The molecule has 18 heteroatoms. The number of ketones is 1. The number of carbonyl (C=O) groups is 5. The van der Waals surface area contributed by atoms with Gasteiger partial charge in [-0.05, 0) is 86.5 Å². The number of rotatable bonds is 13. The molecule has 0 aliphatic carbocycles. The number of nitrogens with two attached hydrogens (primary N) is 1. The molecule has 0 bridgehead atoms. The summed E-state index contributed by atoms with van der Waals surface area (Å²) in [4.78, 5) is 80.9. The van der Waals surface area contributed by atoms with Gasteiger partial charge in [-0.1, -0.05) is 64.1 Å². The molecule has 2 fully saturated rings. The highest BCUT2D eigenvalue weighted by atomic mass is 16.7. The molecule has 2 aliphatic rings. The number of aliphatic hydroxyl groups excluding tert-OH is 1. The Balaban J connectivity index is 1.84. The van der Waals surface area contributed by atoms with E-state index in [9.17, 15) is 29.1 Å². The predicted octanol–water partition coefficient (Wildman–Crippen LogP) is 5.40. The van der Waals surface area contributed by atoms with Crippen LogP contribution in [0, 0.1) is 23.7 Å². The lowest BCUT2D eigenvalue weighted by molar-refractivity contribution is -0.298. The van der Waals surface area contributed by atoms with Gasteiger partial charge in [0.15, 0.2) is 17.7 Å². The van der Waals surface area contributed by atoms with Crippen LogP contribution in [0.4, 0.5) is 9.59 Å². The van der Waals surface area contributed by atoms with E-state index in [0.717, 1.165) is 11.1 Å². The fourth-order valence-electron chi connectivity index (χ4n) is 9.15. The topological polar surface area (TPSA) is 231 Å². The number of cyclic esters (lactones) is 1. The average molecular weight is 939 g/mol. The third-order valence-corrected chi connectivity index (χ3v) is 13.5. The van der Waals surface area contributed by atoms with E-state index in [0.29, 0.717) is 12.2 Å². The molecule has 18 nitrogen and oxygen atoms in total. The first-order valence-corrected chi connectivity index (χ1v) is 23.2. The molecule has 3 heterocycles. The Kier molecular flexibility index (Phi) is 19.4. The largest absolute Gasteiger partial charge is 0.458 e.